The third kappa shape index (κ3) is 6.83. The smallest absolute Gasteiger partial charge is 0.255 e. The van der Waals surface area contributed by atoms with Crippen LogP contribution in [0, 0.1) is 0 Å². The Kier molecular flexibility index (Phi) is 9.84. The number of nitrogens with zero attached hydrogens (tertiary/aromatic N) is 3. The van der Waals surface area contributed by atoms with Crippen LogP contribution < -0.4 is 20.7 Å². The van der Waals surface area contributed by atoms with Gasteiger partial charge in [-0.2, -0.15) is 4.98 Å². The van der Waals surface area contributed by atoms with Crippen LogP contribution in [0.4, 0.5) is 11.6 Å². The van der Waals surface area contributed by atoms with E-state index in [4.69, 9.17) is 27.9 Å². The quantitative estimate of drug-likeness (QED) is 0.299. The lowest BCUT2D eigenvalue weighted by Gasteiger charge is -2.29. The molecule has 0 bridgehead atoms. The second kappa shape index (κ2) is 13.3. The zero-order chi connectivity index (χ0) is 28.8. The Morgan fingerprint density at radius 2 is 1.77 bits per heavy atom. The number of anilines is 2. The van der Waals surface area contributed by atoms with Gasteiger partial charge >= 0.3 is 0 Å². The van der Waals surface area contributed by atoms with Gasteiger partial charge in [0.1, 0.15) is 10.8 Å². The Balaban J connectivity index is 1.57. The minimum Gasteiger partial charge on any atom is -0.437 e. The van der Waals surface area contributed by atoms with Gasteiger partial charge in [-0.15, -0.1) is 0 Å². The molecule has 1 aromatic heterocycles. The summed E-state index contributed by atoms with van der Waals surface area (Å²) < 4.78 is 6.03. The number of hydrogen-bond acceptors (Lipinski definition) is 7. The predicted octanol–water partition coefficient (Wildman–Crippen LogP) is 5.63. The van der Waals surface area contributed by atoms with Crippen LogP contribution >= 0.6 is 23.2 Å². The number of benzene rings is 2. The Labute approximate surface area is 244 Å². The lowest BCUT2D eigenvalue weighted by Crippen LogP contribution is -2.43. The monoisotopic (exact) mass is 584 g/mol. The Morgan fingerprint density at radius 3 is 2.45 bits per heavy atom. The molecule has 0 unspecified atom stereocenters. The predicted molar refractivity (Wildman–Crippen MR) is 158 cm³/mol. The van der Waals surface area contributed by atoms with Gasteiger partial charge in [0.05, 0.1) is 22.3 Å². The highest BCUT2D eigenvalue weighted by molar-refractivity contribution is 6.34. The molecule has 9 nitrogen and oxygen atoms in total. The Morgan fingerprint density at radius 1 is 1.05 bits per heavy atom. The Hall–Kier alpha value is -3.40. The standard InChI is InChI=1S/C29H34Cl2N6O3/c1-5-17-8-7-9-24(25(17)27(39)32-3)40-28-22(31)16-33-29(36-28)35-23-15-21(30)20(14-18(23)6-2)26(38)34-19-10-12-37(4)13-11-19/h7-9,14-16,19H,5-6,10-13H2,1-4H3,(H,32,39)(H,34,38)(H,33,35,36). The van der Waals surface area contributed by atoms with Gasteiger partial charge in [-0.05, 0) is 75.1 Å². The summed E-state index contributed by atoms with van der Waals surface area (Å²) in [6, 6.07) is 9.02. The number of hydrogen-bond donors (Lipinski definition) is 3. The lowest BCUT2D eigenvalue weighted by atomic mass is 10.0. The number of amides is 2. The van der Waals surface area contributed by atoms with Crippen LogP contribution in [-0.2, 0) is 12.8 Å². The molecule has 0 saturated carbocycles. The molecule has 0 radical (unpaired) electrons. The van der Waals surface area contributed by atoms with E-state index >= 15 is 0 Å². The van der Waals surface area contributed by atoms with Gasteiger partial charge < -0.3 is 25.6 Å². The second-order valence-electron chi connectivity index (χ2n) is 9.69. The van der Waals surface area contributed by atoms with Gasteiger partial charge in [-0.1, -0.05) is 49.2 Å². The molecule has 2 amide bonds. The van der Waals surface area contributed by atoms with Crippen molar-refractivity contribution in [1.29, 1.82) is 0 Å². The van der Waals surface area contributed by atoms with E-state index in [0.29, 0.717) is 40.4 Å². The van der Waals surface area contributed by atoms with Crippen molar-refractivity contribution >= 4 is 46.7 Å². The van der Waals surface area contributed by atoms with Gasteiger partial charge in [-0.25, -0.2) is 4.98 Å². The molecule has 3 N–H and O–H groups in total. The normalized spacial score (nSPS) is 14.1. The maximum atomic E-state index is 13.0. The summed E-state index contributed by atoms with van der Waals surface area (Å²) >= 11 is 12.9. The van der Waals surface area contributed by atoms with Crippen LogP contribution in [0.15, 0.2) is 36.5 Å². The zero-order valence-corrected chi connectivity index (χ0v) is 24.6. The molecule has 40 heavy (non-hydrogen) atoms. The summed E-state index contributed by atoms with van der Waals surface area (Å²) in [5.41, 5.74) is 3.22. The molecule has 0 atom stereocenters. The van der Waals surface area contributed by atoms with Crippen LogP contribution in [0.1, 0.15) is 58.5 Å². The molecule has 1 aliphatic rings. The maximum absolute atomic E-state index is 13.0. The molecule has 0 aliphatic carbocycles. The molecule has 3 aromatic rings. The fourth-order valence-electron chi connectivity index (χ4n) is 4.66. The van der Waals surface area contributed by atoms with Gasteiger partial charge in [-0.3, -0.25) is 9.59 Å². The minimum atomic E-state index is -0.266. The van der Waals surface area contributed by atoms with Gasteiger partial charge in [0.15, 0.2) is 0 Å². The molecule has 1 fully saturated rings. The van der Waals surface area contributed by atoms with Crippen LogP contribution in [0.2, 0.25) is 10.0 Å². The second-order valence-corrected chi connectivity index (χ2v) is 10.5. The van der Waals surface area contributed by atoms with Crippen molar-refractivity contribution in [3.8, 4) is 11.6 Å². The zero-order valence-electron chi connectivity index (χ0n) is 23.1. The largest absolute Gasteiger partial charge is 0.437 e. The molecule has 1 saturated heterocycles. The van der Waals surface area contributed by atoms with E-state index in [1.54, 1.807) is 25.2 Å². The number of rotatable bonds is 9. The molecule has 2 heterocycles. The maximum Gasteiger partial charge on any atom is 0.255 e. The minimum absolute atomic E-state index is 0.0934. The number of aromatic nitrogens is 2. The van der Waals surface area contributed by atoms with Crippen molar-refractivity contribution in [2.24, 2.45) is 0 Å². The third-order valence-electron chi connectivity index (χ3n) is 6.98. The number of halogens is 2. The number of aryl methyl sites for hydroxylation is 2. The molecule has 1 aliphatic heterocycles. The summed E-state index contributed by atoms with van der Waals surface area (Å²) in [5, 5.41) is 9.47. The number of ether oxygens (including phenoxy) is 1. The topological polar surface area (TPSA) is 108 Å². The van der Waals surface area contributed by atoms with Crippen LogP contribution in [0.3, 0.4) is 0 Å². The molecule has 11 heteroatoms. The lowest BCUT2D eigenvalue weighted by molar-refractivity contribution is 0.0915. The third-order valence-corrected chi connectivity index (χ3v) is 7.56. The summed E-state index contributed by atoms with van der Waals surface area (Å²) in [5.74, 6) is 0.207. The van der Waals surface area contributed by atoms with Crippen molar-refractivity contribution in [3.05, 3.63) is 68.8 Å². The van der Waals surface area contributed by atoms with Crippen LogP contribution in [0.25, 0.3) is 0 Å². The van der Waals surface area contributed by atoms with E-state index in [0.717, 1.165) is 37.1 Å². The highest BCUT2D eigenvalue weighted by Gasteiger charge is 2.22. The first-order valence-electron chi connectivity index (χ1n) is 13.4. The van der Waals surface area contributed by atoms with E-state index in [1.165, 1.54) is 6.20 Å². The first kappa shape index (κ1) is 29.6. The molecule has 212 valence electrons. The van der Waals surface area contributed by atoms with E-state index < -0.39 is 0 Å². The Bertz CT molecular complexity index is 1390. The van der Waals surface area contributed by atoms with Gasteiger partial charge in [0, 0.05) is 18.8 Å². The SMILES string of the molecule is CCc1cc(C(=O)NC2CCN(C)CC2)c(Cl)cc1Nc1ncc(Cl)c(Oc2cccc(CC)c2C(=O)NC)n1. The number of carbonyl (C=O) groups is 2. The average molecular weight is 586 g/mol. The van der Waals surface area contributed by atoms with E-state index in [-0.39, 0.29) is 34.7 Å². The van der Waals surface area contributed by atoms with Crippen LogP contribution in [0.5, 0.6) is 11.6 Å². The van der Waals surface area contributed by atoms with E-state index in [9.17, 15) is 9.59 Å². The van der Waals surface area contributed by atoms with E-state index in [2.05, 4.69) is 37.9 Å². The number of carbonyl (C=O) groups excluding carboxylic acids is 2. The van der Waals surface area contributed by atoms with E-state index in [1.807, 2.05) is 26.0 Å². The molecular weight excluding hydrogens is 551 g/mol. The molecule has 2 aromatic carbocycles. The average Bonchev–Trinajstić information content (AvgIpc) is 2.95. The van der Waals surface area contributed by atoms with Gasteiger partial charge in [0.25, 0.3) is 11.8 Å². The van der Waals surface area contributed by atoms with Crippen LogP contribution in [-0.4, -0.2) is 59.9 Å². The first-order valence-corrected chi connectivity index (χ1v) is 14.1. The fraction of sp³-hybridized carbons (Fsp3) is 0.379. The van der Waals surface area contributed by atoms with Crippen molar-refractivity contribution in [2.75, 3.05) is 32.5 Å². The van der Waals surface area contributed by atoms with Crippen molar-refractivity contribution in [2.45, 2.75) is 45.6 Å². The number of likely N-dealkylation sites (tertiary alicyclic amines) is 1. The molecule has 4 rings (SSSR count). The molecule has 0 spiro atoms. The fourth-order valence-corrected chi connectivity index (χ4v) is 5.04. The van der Waals surface area contributed by atoms with Crippen molar-refractivity contribution in [3.63, 3.8) is 0 Å². The highest BCUT2D eigenvalue weighted by atomic mass is 35.5. The number of piperidine rings is 1. The highest BCUT2D eigenvalue weighted by Crippen LogP contribution is 2.33. The summed E-state index contributed by atoms with van der Waals surface area (Å²) in [7, 11) is 3.65. The number of nitrogens with one attached hydrogen (secondary N) is 3. The molecular formula is C29H34Cl2N6O3. The van der Waals surface area contributed by atoms with Crippen molar-refractivity contribution in [1.82, 2.24) is 25.5 Å². The van der Waals surface area contributed by atoms with Crippen molar-refractivity contribution < 1.29 is 14.3 Å². The summed E-state index contributed by atoms with van der Waals surface area (Å²) in [6.45, 7) is 5.86. The summed E-state index contributed by atoms with van der Waals surface area (Å²) in [6.07, 6.45) is 4.53. The first-order chi connectivity index (χ1) is 19.2. The van der Waals surface area contributed by atoms with Gasteiger partial charge in [0.2, 0.25) is 11.8 Å². The summed E-state index contributed by atoms with van der Waals surface area (Å²) in [4.78, 5) is 36.6.